The second kappa shape index (κ2) is 6.49. The van der Waals surface area contributed by atoms with Crippen LogP contribution in [-0.2, 0) is 6.42 Å². The van der Waals surface area contributed by atoms with Gasteiger partial charge in [-0.15, -0.1) is 0 Å². The third-order valence-electron chi connectivity index (χ3n) is 3.75. The molecule has 0 aliphatic rings. The van der Waals surface area contributed by atoms with Gasteiger partial charge in [0.2, 0.25) is 0 Å². The van der Waals surface area contributed by atoms with Crippen LogP contribution in [-0.4, -0.2) is 9.97 Å². The van der Waals surface area contributed by atoms with Gasteiger partial charge in [-0.25, -0.2) is 9.97 Å². The molecule has 1 aromatic heterocycles. The highest BCUT2D eigenvalue weighted by Gasteiger charge is 2.11. The Balaban J connectivity index is 2.15. The molecule has 1 atom stereocenters. The molecule has 0 aliphatic carbocycles. The van der Waals surface area contributed by atoms with Crippen molar-refractivity contribution in [2.75, 3.05) is 0 Å². The molecule has 0 saturated carbocycles. The van der Waals surface area contributed by atoms with E-state index in [9.17, 15) is 0 Å². The predicted octanol–water partition coefficient (Wildman–Crippen LogP) is 4.13. The van der Waals surface area contributed by atoms with E-state index >= 15 is 0 Å². The zero-order valence-corrected chi connectivity index (χ0v) is 13.1. The first-order valence-corrected chi connectivity index (χ1v) is 7.33. The molecule has 21 heavy (non-hydrogen) atoms. The van der Waals surface area contributed by atoms with Crippen molar-refractivity contribution < 1.29 is 0 Å². The summed E-state index contributed by atoms with van der Waals surface area (Å²) in [6, 6.07) is 9.95. The fraction of sp³-hybridized carbons (Fsp3) is 0.389. The van der Waals surface area contributed by atoms with Gasteiger partial charge in [-0.1, -0.05) is 32.9 Å². The van der Waals surface area contributed by atoms with Crippen molar-refractivity contribution >= 4 is 0 Å². The minimum absolute atomic E-state index is 0.355. The number of aromatic nitrogens is 2. The van der Waals surface area contributed by atoms with Crippen LogP contribution in [0.3, 0.4) is 0 Å². The van der Waals surface area contributed by atoms with Crippen molar-refractivity contribution in [1.82, 2.24) is 9.97 Å². The van der Waals surface area contributed by atoms with E-state index in [0.29, 0.717) is 17.4 Å². The average Bonchev–Trinajstić information content (AvgIpc) is 2.49. The summed E-state index contributed by atoms with van der Waals surface area (Å²) in [6.45, 7) is 8.45. The topological polar surface area (TPSA) is 49.6 Å². The van der Waals surface area contributed by atoms with E-state index in [1.807, 2.05) is 37.4 Å². The lowest BCUT2D eigenvalue weighted by Gasteiger charge is -2.14. The molecule has 0 saturated heterocycles. The number of aryl methyl sites for hydroxylation is 1. The van der Waals surface area contributed by atoms with E-state index in [4.69, 9.17) is 5.26 Å². The number of nitrogens with zero attached hydrogens (tertiary/aromatic N) is 3. The van der Waals surface area contributed by atoms with Gasteiger partial charge in [0.1, 0.15) is 5.82 Å². The molecule has 108 valence electrons. The van der Waals surface area contributed by atoms with Crippen LogP contribution in [0.15, 0.2) is 30.5 Å². The van der Waals surface area contributed by atoms with E-state index in [2.05, 4.69) is 36.8 Å². The van der Waals surface area contributed by atoms with Gasteiger partial charge in [-0.2, -0.15) is 5.26 Å². The smallest absolute Gasteiger partial charge is 0.131 e. The van der Waals surface area contributed by atoms with Crippen LogP contribution in [0.5, 0.6) is 0 Å². The Kier molecular flexibility index (Phi) is 4.70. The van der Waals surface area contributed by atoms with Gasteiger partial charge in [0, 0.05) is 17.8 Å². The summed E-state index contributed by atoms with van der Waals surface area (Å²) in [5.41, 5.74) is 4.19. The largest absolute Gasteiger partial charge is 0.241 e. The zero-order chi connectivity index (χ0) is 15.4. The maximum atomic E-state index is 8.84. The van der Waals surface area contributed by atoms with E-state index in [0.717, 1.165) is 17.9 Å². The Bertz CT molecular complexity index is 651. The number of benzene rings is 1. The van der Waals surface area contributed by atoms with Crippen LogP contribution in [0, 0.1) is 18.3 Å². The molecule has 1 heterocycles. The molecule has 1 aromatic carbocycles. The maximum absolute atomic E-state index is 8.84. The average molecular weight is 279 g/mol. The van der Waals surface area contributed by atoms with Crippen LogP contribution in [0.25, 0.3) is 0 Å². The molecule has 0 spiro atoms. The van der Waals surface area contributed by atoms with E-state index in [1.54, 1.807) is 0 Å². The van der Waals surface area contributed by atoms with Crippen molar-refractivity contribution in [3.8, 4) is 6.07 Å². The first kappa shape index (κ1) is 15.2. The zero-order valence-electron chi connectivity index (χ0n) is 13.1. The van der Waals surface area contributed by atoms with Gasteiger partial charge in [0.05, 0.1) is 11.6 Å². The second-order valence-corrected chi connectivity index (χ2v) is 5.83. The van der Waals surface area contributed by atoms with Crippen LogP contribution in [0.1, 0.15) is 60.8 Å². The molecule has 3 heteroatoms. The third-order valence-corrected chi connectivity index (χ3v) is 3.75. The van der Waals surface area contributed by atoms with Crippen LogP contribution in [0.2, 0.25) is 0 Å². The minimum atomic E-state index is 0.355. The molecule has 0 bridgehead atoms. The minimum Gasteiger partial charge on any atom is -0.241 e. The molecule has 0 unspecified atom stereocenters. The monoisotopic (exact) mass is 279 g/mol. The van der Waals surface area contributed by atoms with Gasteiger partial charge < -0.3 is 0 Å². The number of hydrogen-bond acceptors (Lipinski definition) is 3. The summed E-state index contributed by atoms with van der Waals surface area (Å²) in [6.07, 6.45) is 2.87. The van der Waals surface area contributed by atoms with Gasteiger partial charge in [-0.05, 0) is 42.5 Å². The lowest BCUT2D eigenvalue weighted by molar-refractivity contribution is 0.720. The molecule has 3 nitrogen and oxygen atoms in total. The Labute approximate surface area is 126 Å². The molecule has 2 rings (SSSR count). The van der Waals surface area contributed by atoms with Gasteiger partial charge in [0.15, 0.2) is 0 Å². The quantitative estimate of drug-likeness (QED) is 0.845. The normalized spacial score (nSPS) is 12.2. The van der Waals surface area contributed by atoms with Crippen molar-refractivity contribution in [3.63, 3.8) is 0 Å². The summed E-state index contributed by atoms with van der Waals surface area (Å²) >= 11 is 0. The molecular formula is C18H21N3. The van der Waals surface area contributed by atoms with Gasteiger partial charge in [-0.3, -0.25) is 0 Å². The first-order chi connectivity index (χ1) is 10.0. The molecule has 0 N–H and O–H groups in total. The highest BCUT2D eigenvalue weighted by Crippen LogP contribution is 2.22. The number of rotatable bonds is 4. The summed E-state index contributed by atoms with van der Waals surface area (Å²) in [5.74, 6) is 1.64. The SMILES string of the molecule is Cc1nc(C(C)C)ncc1C[C@H](C)c1ccc(C#N)cc1. The third kappa shape index (κ3) is 3.66. The lowest BCUT2D eigenvalue weighted by atomic mass is 9.93. The van der Waals surface area contributed by atoms with E-state index in [1.165, 1.54) is 11.1 Å². The van der Waals surface area contributed by atoms with Gasteiger partial charge >= 0.3 is 0 Å². The summed E-state index contributed by atoms with van der Waals surface area (Å²) in [7, 11) is 0. The first-order valence-electron chi connectivity index (χ1n) is 7.33. The molecule has 0 aliphatic heterocycles. The van der Waals surface area contributed by atoms with Crippen LogP contribution >= 0.6 is 0 Å². The lowest BCUT2D eigenvalue weighted by Crippen LogP contribution is -2.06. The van der Waals surface area contributed by atoms with Crippen molar-refractivity contribution in [3.05, 3.63) is 58.7 Å². The Hall–Kier alpha value is -2.21. The molecule has 0 amide bonds. The van der Waals surface area contributed by atoms with Gasteiger partial charge in [0.25, 0.3) is 0 Å². The molecule has 0 radical (unpaired) electrons. The molecule has 0 fully saturated rings. The highest BCUT2D eigenvalue weighted by atomic mass is 14.9. The number of nitriles is 1. The highest BCUT2D eigenvalue weighted by molar-refractivity contribution is 5.33. The Morgan fingerprint density at radius 1 is 1.14 bits per heavy atom. The standard InChI is InChI=1S/C18H21N3/c1-12(2)18-20-11-17(14(4)21-18)9-13(3)16-7-5-15(10-19)6-8-16/h5-8,11-13H,9H2,1-4H3/t13-/m0/s1. The second-order valence-electron chi connectivity index (χ2n) is 5.83. The van der Waals surface area contributed by atoms with E-state index in [-0.39, 0.29) is 0 Å². The maximum Gasteiger partial charge on any atom is 0.131 e. The summed E-state index contributed by atoms with van der Waals surface area (Å²) in [5, 5.41) is 8.84. The van der Waals surface area contributed by atoms with Crippen molar-refractivity contribution in [1.29, 1.82) is 5.26 Å². The molecular weight excluding hydrogens is 258 g/mol. The van der Waals surface area contributed by atoms with Crippen LogP contribution in [0.4, 0.5) is 0 Å². The van der Waals surface area contributed by atoms with Crippen molar-refractivity contribution in [2.24, 2.45) is 0 Å². The fourth-order valence-corrected chi connectivity index (χ4v) is 2.32. The predicted molar refractivity (Wildman–Crippen MR) is 84.1 cm³/mol. The Morgan fingerprint density at radius 3 is 2.33 bits per heavy atom. The van der Waals surface area contributed by atoms with Crippen molar-refractivity contribution in [2.45, 2.75) is 46.0 Å². The van der Waals surface area contributed by atoms with E-state index < -0.39 is 0 Å². The fourth-order valence-electron chi connectivity index (χ4n) is 2.32. The van der Waals surface area contributed by atoms with Crippen LogP contribution < -0.4 is 0 Å². The Morgan fingerprint density at radius 2 is 1.81 bits per heavy atom. The number of hydrogen-bond donors (Lipinski definition) is 0. The molecule has 2 aromatic rings. The summed E-state index contributed by atoms with van der Waals surface area (Å²) < 4.78 is 0. The summed E-state index contributed by atoms with van der Waals surface area (Å²) in [4.78, 5) is 9.05.